The molecule has 106 valence electrons. The summed E-state index contributed by atoms with van der Waals surface area (Å²) in [6, 6.07) is 9.44. The predicted molar refractivity (Wildman–Crippen MR) is 83.6 cm³/mol. The van der Waals surface area contributed by atoms with Crippen LogP contribution in [-0.4, -0.2) is 6.04 Å². The molecular weight excluding hydrogens is 254 g/mol. The summed E-state index contributed by atoms with van der Waals surface area (Å²) in [7, 11) is 0. The monoisotopic (exact) mass is 279 g/mol. The summed E-state index contributed by atoms with van der Waals surface area (Å²) in [6.07, 6.45) is 5.38. The van der Waals surface area contributed by atoms with E-state index in [4.69, 9.17) is 11.6 Å². The molecule has 2 rings (SSSR count). The van der Waals surface area contributed by atoms with Crippen LogP contribution >= 0.6 is 11.6 Å². The molecule has 3 unspecified atom stereocenters. The van der Waals surface area contributed by atoms with E-state index in [9.17, 15) is 0 Å². The molecule has 0 heterocycles. The lowest BCUT2D eigenvalue weighted by atomic mass is 9.94. The van der Waals surface area contributed by atoms with Crippen molar-refractivity contribution in [2.45, 2.75) is 58.5 Å². The van der Waals surface area contributed by atoms with Gasteiger partial charge in [0.1, 0.15) is 0 Å². The van der Waals surface area contributed by atoms with Gasteiger partial charge in [-0.15, -0.1) is 0 Å². The van der Waals surface area contributed by atoms with Crippen molar-refractivity contribution in [1.82, 2.24) is 5.32 Å². The second-order valence-electron chi connectivity index (χ2n) is 6.22. The van der Waals surface area contributed by atoms with Crippen molar-refractivity contribution in [3.05, 3.63) is 34.9 Å². The molecule has 1 saturated carbocycles. The number of hydrogen-bond donors (Lipinski definition) is 1. The SMILES string of the molecule is CCC1CCC(NC(c2ccc(Cl)cc2)C(C)C)C1. The molecule has 0 aliphatic heterocycles. The minimum absolute atomic E-state index is 0.442. The molecule has 0 bridgehead atoms. The maximum absolute atomic E-state index is 5.98. The highest BCUT2D eigenvalue weighted by Gasteiger charge is 2.26. The second-order valence-corrected chi connectivity index (χ2v) is 6.66. The molecule has 0 spiro atoms. The summed E-state index contributed by atoms with van der Waals surface area (Å²) >= 11 is 5.98. The molecule has 1 N–H and O–H groups in total. The Balaban J connectivity index is 2.03. The zero-order valence-corrected chi connectivity index (χ0v) is 13.1. The van der Waals surface area contributed by atoms with Crippen molar-refractivity contribution in [1.29, 1.82) is 0 Å². The fourth-order valence-corrected chi connectivity index (χ4v) is 3.32. The molecule has 0 saturated heterocycles. The summed E-state index contributed by atoms with van der Waals surface area (Å²) in [5, 5.41) is 4.69. The van der Waals surface area contributed by atoms with Crippen molar-refractivity contribution in [2.75, 3.05) is 0 Å². The highest BCUT2D eigenvalue weighted by Crippen LogP contribution is 2.31. The Morgan fingerprint density at radius 2 is 1.89 bits per heavy atom. The van der Waals surface area contributed by atoms with Gasteiger partial charge in [0.25, 0.3) is 0 Å². The van der Waals surface area contributed by atoms with Gasteiger partial charge in [-0.2, -0.15) is 0 Å². The summed E-state index contributed by atoms with van der Waals surface area (Å²) in [4.78, 5) is 0. The first-order valence-electron chi connectivity index (χ1n) is 7.61. The fourth-order valence-electron chi connectivity index (χ4n) is 3.19. The lowest BCUT2D eigenvalue weighted by Gasteiger charge is -2.27. The molecule has 0 radical (unpaired) electrons. The minimum Gasteiger partial charge on any atom is -0.307 e. The van der Waals surface area contributed by atoms with Gasteiger partial charge in [0, 0.05) is 17.1 Å². The van der Waals surface area contributed by atoms with Gasteiger partial charge in [-0.3, -0.25) is 0 Å². The molecule has 1 aromatic carbocycles. The number of hydrogen-bond acceptors (Lipinski definition) is 1. The summed E-state index contributed by atoms with van der Waals surface area (Å²) in [6.45, 7) is 6.89. The Kier molecular flexibility index (Phi) is 5.29. The zero-order chi connectivity index (χ0) is 13.8. The van der Waals surface area contributed by atoms with E-state index in [0.717, 1.165) is 10.9 Å². The van der Waals surface area contributed by atoms with Gasteiger partial charge in [-0.25, -0.2) is 0 Å². The van der Waals surface area contributed by atoms with Crippen LogP contribution < -0.4 is 5.32 Å². The molecule has 0 amide bonds. The molecule has 0 aromatic heterocycles. The van der Waals surface area contributed by atoms with Gasteiger partial charge in [-0.1, -0.05) is 50.9 Å². The van der Waals surface area contributed by atoms with E-state index in [1.807, 2.05) is 12.1 Å². The van der Waals surface area contributed by atoms with Crippen molar-refractivity contribution >= 4 is 11.6 Å². The molecule has 1 aliphatic carbocycles. The van der Waals surface area contributed by atoms with Crippen LogP contribution in [0.1, 0.15) is 58.1 Å². The highest BCUT2D eigenvalue weighted by molar-refractivity contribution is 6.30. The van der Waals surface area contributed by atoms with Crippen LogP contribution in [0.2, 0.25) is 5.02 Å². The highest BCUT2D eigenvalue weighted by atomic mass is 35.5. The Morgan fingerprint density at radius 1 is 1.21 bits per heavy atom. The Morgan fingerprint density at radius 3 is 2.42 bits per heavy atom. The van der Waals surface area contributed by atoms with E-state index >= 15 is 0 Å². The smallest absolute Gasteiger partial charge is 0.0406 e. The fraction of sp³-hybridized carbons (Fsp3) is 0.647. The van der Waals surface area contributed by atoms with Crippen molar-refractivity contribution in [3.63, 3.8) is 0 Å². The summed E-state index contributed by atoms with van der Waals surface area (Å²) in [5.74, 6) is 1.53. The van der Waals surface area contributed by atoms with E-state index in [2.05, 4.69) is 38.2 Å². The first-order chi connectivity index (χ1) is 9.10. The number of halogens is 1. The quantitative estimate of drug-likeness (QED) is 0.781. The predicted octanol–water partition coefficient (Wildman–Crippen LogP) is 5.21. The van der Waals surface area contributed by atoms with Crippen LogP contribution in [0.3, 0.4) is 0 Å². The Hall–Kier alpha value is -0.530. The van der Waals surface area contributed by atoms with Crippen LogP contribution in [-0.2, 0) is 0 Å². The van der Waals surface area contributed by atoms with Crippen molar-refractivity contribution < 1.29 is 0 Å². The average molecular weight is 280 g/mol. The number of rotatable bonds is 5. The summed E-state index contributed by atoms with van der Waals surface area (Å²) in [5.41, 5.74) is 1.36. The van der Waals surface area contributed by atoms with E-state index in [0.29, 0.717) is 18.0 Å². The second kappa shape index (κ2) is 6.76. The van der Waals surface area contributed by atoms with Crippen LogP contribution in [0.25, 0.3) is 0 Å². The molecule has 2 heteroatoms. The lowest BCUT2D eigenvalue weighted by Crippen LogP contribution is -2.33. The largest absolute Gasteiger partial charge is 0.307 e. The Bertz CT molecular complexity index is 385. The number of benzene rings is 1. The summed E-state index contributed by atoms with van der Waals surface area (Å²) < 4.78 is 0. The van der Waals surface area contributed by atoms with Gasteiger partial charge in [-0.05, 0) is 48.8 Å². The number of nitrogens with one attached hydrogen (secondary N) is 1. The van der Waals surface area contributed by atoms with Crippen LogP contribution in [0.5, 0.6) is 0 Å². The third-order valence-electron chi connectivity index (χ3n) is 4.43. The van der Waals surface area contributed by atoms with Crippen molar-refractivity contribution in [3.8, 4) is 0 Å². The topological polar surface area (TPSA) is 12.0 Å². The minimum atomic E-state index is 0.442. The standard InChI is InChI=1S/C17H26ClN/c1-4-13-5-10-16(11-13)19-17(12(2)3)14-6-8-15(18)9-7-14/h6-9,12-13,16-17,19H,4-5,10-11H2,1-3H3. The molecular formula is C17H26ClN. The van der Waals surface area contributed by atoms with Gasteiger partial charge in [0.05, 0.1) is 0 Å². The molecule has 19 heavy (non-hydrogen) atoms. The normalized spacial score (nSPS) is 24.9. The van der Waals surface area contributed by atoms with Gasteiger partial charge in [0.15, 0.2) is 0 Å². The van der Waals surface area contributed by atoms with Gasteiger partial charge < -0.3 is 5.32 Å². The third-order valence-corrected chi connectivity index (χ3v) is 4.68. The van der Waals surface area contributed by atoms with E-state index < -0.39 is 0 Å². The first-order valence-corrected chi connectivity index (χ1v) is 7.99. The first kappa shape index (κ1) is 14.9. The maximum Gasteiger partial charge on any atom is 0.0406 e. The van der Waals surface area contributed by atoms with Crippen LogP contribution in [0.15, 0.2) is 24.3 Å². The lowest BCUT2D eigenvalue weighted by molar-refractivity contribution is 0.353. The molecule has 1 aliphatic rings. The molecule has 1 aromatic rings. The third kappa shape index (κ3) is 3.97. The molecule has 1 fully saturated rings. The average Bonchev–Trinajstić information content (AvgIpc) is 2.85. The maximum atomic E-state index is 5.98. The van der Waals surface area contributed by atoms with E-state index in [1.54, 1.807) is 0 Å². The van der Waals surface area contributed by atoms with E-state index in [1.165, 1.54) is 31.2 Å². The van der Waals surface area contributed by atoms with E-state index in [-0.39, 0.29) is 0 Å². The zero-order valence-electron chi connectivity index (χ0n) is 12.3. The Labute approximate surface area is 122 Å². The van der Waals surface area contributed by atoms with Crippen molar-refractivity contribution in [2.24, 2.45) is 11.8 Å². The molecule has 1 nitrogen and oxygen atoms in total. The van der Waals surface area contributed by atoms with Crippen LogP contribution in [0.4, 0.5) is 0 Å². The van der Waals surface area contributed by atoms with Crippen LogP contribution in [0, 0.1) is 11.8 Å². The van der Waals surface area contributed by atoms with Gasteiger partial charge >= 0.3 is 0 Å². The van der Waals surface area contributed by atoms with Gasteiger partial charge in [0.2, 0.25) is 0 Å². The molecule has 3 atom stereocenters.